The molecule has 16 heteroatoms. The van der Waals surface area contributed by atoms with Crippen molar-refractivity contribution in [1.82, 2.24) is 19.6 Å². The summed E-state index contributed by atoms with van der Waals surface area (Å²) in [6.45, 7) is 1.21. The fraction of sp³-hybridized carbons (Fsp3) is 0.722. The maximum absolute atomic E-state index is 14.9. The van der Waals surface area contributed by atoms with Crippen LogP contribution in [0.25, 0.3) is 5.65 Å². The number of rotatable bonds is 7. The summed E-state index contributed by atoms with van der Waals surface area (Å²) in [5.41, 5.74) is 0.758. The van der Waals surface area contributed by atoms with Crippen LogP contribution >= 0.6 is 26.8 Å². The maximum atomic E-state index is 14.9. The molecular formula is C18H25ClFN5O7P2. The third-order valence-electron chi connectivity index (χ3n) is 6.64. The Balaban J connectivity index is 1.33. The van der Waals surface area contributed by atoms with Gasteiger partial charge in [-0.2, -0.15) is 4.98 Å². The lowest BCUT2D eigenvalue weighted by Gasteiger charge is -2.19. The normalized spacial score (nSPS) is 31.3. The largest absolute Gasteiger partial charge is 0.363 e. The molecule has 3 unspecified atom stereocenters. The van der Waals surface area contributed by atoms with Crippen molar-refractivity contribution in [3.05, 3.63) is 17.2 Å². The molecule has 188 valence electrons. The zero-order valence-corrected chi connectivity index (χ0v) is 20.5. The summed E-state index contributed by atoms with van der Waals surface area (Å²) in [6, 6.07) is 0. The fourth-order valence-electron chi connectivity index (χ4n) is 5.23. The minimum atomic E-state index is -4.76. The van der Waals surface area contributed by atoms with Gasteiger partial charge in [0.05, 0.1) is 24.6 Å². The van der Waals surface area contributed by atoms with E-state index in [9.17, 15) is 18.4 Å². The van der Waals surface area contributed by atoms with Gasteiger partial charge in [0.2, 0.25) is 5.28 Å². The monoisotopic (exact) mass is 539 g/mol. The maximum Gasteiger partial charge on any atom is 0.340 e. The van der Waals surface area contributed by atoms with E-state index in [1.165, 1.54) is 30.0 Å². The van der Waals surface area contributed by atoms with Crippen LogP contribution in [-0.2, 0) is 18.4 Å². The average Bonchev–Trinajstić information content (AvgIpc) is 3.46. The highest BCUT2D eigenvalue weighted by Gasteiger charge is 2.42. The Morgan fingerprint density at radius 2 is 1.94 bits per heavy atom. The molecule has 5 rings (SSSR count). The lowest BCUT2D eigenvalue weighted by atomic mass is 10.0. The second kappa shape index (κ2) is 9.05. The molecule has 0 radical (unpaired) electrons. The van der Waals surface area contributed by atoms with E-state index in [1.807, 2.05) is 0 Å². The number of hydrogen-bond donors (Lipinski definition) is 3. The lowest BCUT2D eigenvalue weighted by Crippen LogP contribution is -2.23. The highest BCUT2D eigenvalue weighted by Crippen LogP contribution is 2.55. The molecule has 2 aromatic rings. The third kappa shape index (κ3) is 5.03. The van der Waals surface area contributed by atoms with Crippen LogP contribution in [-0.4, -0.2) is 72.1 Å². The van der Waals surface area contributed by atoms with Gasteiger partial charge in [-0.05, 0) is 36.3 Å². The molecule has 0 bridgehead atoms. The van der Waals surface area contributed by atoms with Crippen LogP contribution in [0.1, 0.15) is 37.5 Å². The van der Waals surface area contributed by atoms with Crippen molar-refractivity contribution in [3.63, 3.8) is 0 Å². The zero-order chi connectivity index (χ0) is 24.3. The number of nitrogens with zero attached hydrogens (tertiary/aromatic N) is 5. The molecule has 4 heterocycles. The van der Waals surface area contributed by atoms with Crippen LogP contribution in [0.4, 0.5) is 10.2 Å². The number of halogens is 2. The summed E-state index contributed by atoms with van der Waals surface area (Å²) in [4.78, 5) is 38.4. The summed E-state index contributed by atoms with van der Waals surface area (Å²) >= 11 is 6.20. The first kappa shape index (κ1) is 24.5. The highest BCUT2D eigenvalue weighted by atomic mass is 35.5. The van der Waals surface area contributed by atoms with Gasteiger partial charge in [0.15, 0.2) is 17.4 Å². The molecule has 2 aliphatic heterocycles. The van der Waals surface area contributed by atoms with Crippen LogP contribution in [0.5, 0.6) is 0 Å². The summed E-state index contributed by atoms with van der Waals surface area (Å²) < 4.78 is 49.7. The van der Waals surface area contributed by atoms with Crippen molar-refractivity contribution in [1.29, 1.82) is 0 Å². The van der Waals surface area contributed by atoms with E-state index in [1.54, 1.807) is 0 Å². The Bertz CT molecular complexity index is 1170. The first-order valence-corrected chi connectivity index (χ1v) is 14.9. The van der Waals surface area contributed by atoms with Crippen molar-refractivity contribution in [3.8, 4) is 0 Å². The van der Waals surface area contributed by atoms with Crippen molar-refractivity contribution in [2.45, 2.75) is 44.1 Å². The number of alkyl halides is 1. The second-order valence-corrected chi connectivity index (χ2v) is 13.5. The van der Waals surface area contributed by atoms with E-state index in [0.717, 1.165) is 13.1 Å². The standard InChI is InChI=1S/C18H25ClFN5O7P2/c19-18-22-17(24-6-10-2-1-3-11(10)7-24)16-21-5-14(25(16)23-18)15-13(20)4-12(32-15)8-31-34(29,30)9-33(26,27)28/h5,10-13,15H,1-4,6-9H2,(H,29,30)(H2,26,27,28)/t10?,11?,12-,13-,15+/m0/s1. The highest BCUT2D eigenvalue weighted by molar-refractivity contribution is 7.70. The minimum Gasteiger partial charge on any atom is -0.363 e. The molecule has 0 aromatic carbocycles. The summed E-state index contributed by atoms with van der Waals surface area (Å²) in [5.74, 6) is 0.502. The Hall–Kier alpha value is -1.17. The molecule has 3 N–H and O–H groups in total. The molecule has 2 aromatic heterocycles. The van der Waals surface area contributed by atoms with E-state index >= 15 is 0 Å². The molecule has 34 heavy (non-hydrogen) atoms. The number of aromatic nitrogens is 4. The van der Waals surface area contributed by atoms with Crippen molar-refractivity contribution >= 4 is 38.3 Å². The fourth-order valence-corrected chi connectivity index (χ4v) is 7.98. The predicted octanol–water partition coefficient (Wildman–Crippen LogP) is 2.52. The second-order valence-electron chi connectivity index (χ2n) is 9.15. The molecule has 3 fully saturated rings. The molecule has 2 saturated heterocycles. The minimum absolute atomic E-state index is 0.00856. The Morgan fingerprint density at radius 3 is 2.62 bits per heavy atom. The van der Waals surface area contributed by atoms with Crippen LogP contribution in [0.15, 0.2) is 6.20 Å². The number of fused-ring (bicyclic) bond motifs is 2. The number of ether oxygens (including phenoxy) is 1. The molecule has 3 aliphatic rings. The summed E-state index contributed by atoms with van der Waals surface area (Å²) in [7, 11) is -9.33. The van der Waals surface area contributed by atoms with Crippen LogP contribution < -0.4 is 4.90 Å². The van der Waals surface area contributed by atoms with E-state index in [2.05, 4.69) is 20.0 Å². The van der Waals surface area contributed by atoms with Gasteiger partial charge >= 0.3 is 15.2 Å². The van der Waals surface area contributed by atoms with Crippen LogP contribution in [0, 0.1) is 11.8 Å². The molecule has 6 atom stereocenters. The quantitative estimate of drug-likeness (QED) is 0.444. The van der Waals surface area contributed by atoms with E-state index in [-0.39, 0.29) is 11.7 Å². The molecule has 0 amide bonds. The van der Waals surface area contributed by atoms with E-state index < -0.39 is 46.1 Å². The van der Waals surface area contributed by atoms with E-state index in [4.69, 9.17) is 30.6 Å². The smallest absolute Gasteiger partial charge is 0.340 e. The van der Waals surface area contributed by atoms with Gasteiger partial charge in [-0.15, -0.1) is 5.10 Å². The summed E-state index contributed by atoms with van der Waals surface area (Å²) in [6.07, 6.45) is 1.45. The first-order valence-electron chi connectivity index (χ1n) is 11.0. The van der Waals surface area contributed by atoms with Gasteiger partial charge in [-0.1, -0.05) is 6.42 Å². The lowest BCUT2D eigenvalue weighted by molar-refractivity contribution is 0.00137. The van der Waals surface area contributed by atoms with Gasteiger partial charge in [0, 0.05) is 19.5 Å². The van der Waals surface area contributed by atoms with Crippen molar-refractivity contribution < 1.29 is 37.5 Å². The third-order valence-corrected chi connectivity index (χ3v) is 10.3. The van der Waals surface area contributed by atoms with E-state index in [0.29, 0.717) is 29.0 Å². The zero-order valence-electron chi connectivity index (χ0n) is 18.0. The predicted molar refractivity (Wildman–Crippen MR) is 119 cm³/mol. The number of hydrogen-bond acceptors (Lipinski definition) is 8. The van der Waals surface area contributed by atoms with Gasteiger partial charge < -0.3 is 28.8 Å². The Kier molecular flexibility index (Phi) is 6.52. The van der Waals surface area contributed by atoms with Gasteiger partial charge in [-0.25, -0.2) is 13.9 Å². The van der Waals surface area contributed by atoms with Crippen molar-refractivity contribution in [2.75, 3.05) is 30.5 Å². The van der Waals surface area contributed by atoms with Gasteiger partial charge in [0.25, 0.3) is 0 Å². The average molecular weight is 540 g/mol. The molecule has 1 saturated carbocycles. The van der Waals surface area contributed by atoms with Gasteiger partial charge in [-0.3, -0.25) is 9.13 Å². The van der Waals surface area contributed by atoms with Crippen LogP contribution in [0.2, 0.25) is 5.28 Å². The van der Waals surface area contributed by atoms with Gasteiger partial charge in [0.1, 0.15) is 12.3 Å². The number of anilines is 1. The molecule has 1 aliphatic carbocycles. The SMILES string of the molecule is O=P(O)(O)CP(=O)(O)OC[C@@H]1C[C@H](F)[C@H](c2cnc3c(N4CC5CCCC5C4)nc(Cl)nn23)O1. The Labute approximate surface area is 199 Å². The van der Waals surface area contributed by atoms with Crippen LogP contribution in [0.3, 0.4) is 0 Å². The molecular weight excluding hydrogens is 515 g/mol. The number of imidazole rings is 1. The summed E-state index contributed by atoms with van der Waals surface area (Å²) in [5, 5.41) is 4.19. The molecule has 12 nitrogen and oxygen atoms in total. The first-order chi connectivity index (χ1) is 16.0. The Morgan fingerprint density at radius 1 is 1.24 bits per heavy atom. The molecule has 0 spiro atoms. The van der Waals surface area contributed by atoms with Crippen molar-refractivity contribution in [2.24, 2.45) is 11.8 Å². The topological polar surface area (TPSA) is 160 Å².